The van der Waals surface area contributed by atoms with Crippen LogP contribution in [0, 0.1) is 0 Å². The Labute approximate surface area is 94.9 Å². The number of morpholine rings is 1. The van der Waals surface area contributed by atoms with Crippen molar-refractivity contribution in [1.29, 1.82) is 0 Å². The van der Waals surface area contributed by atoms with Gasteiger partial charge in [0.1, 0.15) is 0 Å². The first-order valence-corrected chi connectivity index (χ1v) is 7.22. The van der Waals surface area contributed by atoms with E-state index >= 15 is 0 Å². The Morgan fingerprint density at radius 1 is 1.31 bits per heavy atom. The van der Waals surface area contributed by atoms with Crippen molar-refractivity contribution in [3.05, 3.63) is 0 Å². The second-order valence-electron chi connectivity index (χ2n) is 4.15. The Hall–Kier alpha value is -0.820. The van der Waals surface area contributed by atoms with Crippen LogP contribution < -0.4 is 5.32 Å². The Morgan fingerprint density at radius 3 is 2.56 bits per heavy atom. The molecule has 7 heteroatoms. The van der Waals surface area contributed by atoms with Crippen LogP contribution in [-0.4, -0.2) is 63.2 Å². The van der Waals surface area contributed by atoms with E-state index in [1.165, 1.54) is 0 Å². The van der Waals surface area contributed by atoms with Crippen molar-refractivity contribution in [2.24, 2.45) is 0 Å². The maximum Gasteiger partial charge on any atom is 0.317 e. The summed E-state index contributed by atoms with van der Waals surface area (Å²) in [5, 5.41) is 2.76. The summed E-state index contributed by atoms with van der Waals surface area (Å²) >= 11 is 0. The highest BCUT2D eigenvalue weighted by Gasteiger charge is 2.30. The lowest BCUT2D eigenvalue weighted by Gasteiger charge is -2.28. The Morgan fingerprint density at radius 2 is 2.00 bits per heavy atom. The lowest BCUT2D eigenvalue weighted by atomic mass is 10.3. The fraction of sp³-hybridized carbons (Fsp3) is 0.889. The second-order valence-corrected chi connectivity index (χ2v) is 6.38. The van der Waals surface area contributed by atoms with Crippen LogP contribution >= 0.6 is 0 Å². The maximum atomic E-state index is 11.7. The number of hydrogen-bond donors (Lipinski definition) is 1. The average Bonchev–Trinajstić information content (AvgIpc) is 2.59. The van der Waals surface area contributed by atoms with Crippen LogP contribution in [0.15, 0.2) is 0 Å². The maximum absolute atomic E-state index is 11.7. The number of rotatable bonds is 1. The van der Waals surface area contributed by atoms with Gasteiger partial charge in [-0.1, -0.05) is 0 Å². The molecule has 16 heavy (non-hydrogen) atoms. The fourth-order valence-electron chi connectivity index (χ4n) is 1.94. The van der Waals surface area contributed by atoms with Crippen molar-refractivity contribution in [3.63, 3.8) is 0 Å². The third kappa shape index (κ3) is 2.85. The monoisotopic (exact) mass is 248 g/mol. The number of amides is 2. The molecule has 2 fully saturated rings. The molecule has 2 saturated heterocycles. The lowest BCUT2D eigenvalue weighted by Crippen LogP contribution is -2.49. The molecular formula is C9H16N2O4S. The molecule has 1 N–H and O–H groups in total. The summed E-state index contributed by atoms with van der Waals surface area (Å²) in [7, 11) is -2.93. The predicted octanol–water partition coefficient (Wildman–Crippen LogP) is -0.785. The summed E-state index contributed by atoms with van der Waals surface area (Å²) < 4.78 is 27.6. The number of sulfone groups is 1. The highest BCUT2D eigenvalue weighted by molar-refractivity contribution is 7.91. The number of nitrogens with zero attached hydrogens (tertiary/aromatic N) is 1. The molecule has 2 amide bonds. The van der Waals surface area contributed by atoms with Gasteiger partial charge in [-0.25, -0.2) is 13.2 Å². The number of nitrogens with one attached hydrogen (secondary N) is 1. The minimum absolute atomic E-state index is 0.0725. The summed E-state index contributed by atoms with van der Waals surface area (Å²) in [6.45, 7) is 2.25. The van der Waals surface area contributed by atoms with E-state index in [9.17, 15) is 13.2 Å². The number of carbonyl (C=O) groups is 1. The number of hydrogen-bond acceptors (Lipinski definition) is 4. The van der Waals surface area contributed by atoms with Crippen LogP contribution in [0.4, 0.5) is 4.79 Å². The smallest absolute Gasteiger partial charge is 0.317 e. The van der Waals surface area contributed by atoms with Gasteiger partial charge in [0, 0.05) is 19.1 Å². The molecule has 2 heterocycles. The normalized spacial score (nSPS) is 29.0. The predicted molar refractivity (Wildman–Crippen MR) is 58.0 cm³/mol. The Balaban J connectivity index is 1.83. The van der Waals surface area contributed by atoms with Crippen LogP contribution in [0.25, 0.3) is 0 Å². The molecule has 2 rings (SSSR count). The minimum Gasteiger partial charge on any atom is -0.378 e. The van der Waals surface area contributed by atoms with Crippen LogP contribution in [0.5, 0.6) is 0 Å². The van der Waals surface area contributed by atoms with E-state index in [1.54, 1.807) is 4.90 Å². The van der Waals surface area contributed by atoms with E-state index in [-0.39, 0.29) is 23.6 Å². The molecular weight excluding hydrogens is 232 g/mol. The van der Waals surface area contributed by atoms with Gasteiger partial charge in [-0.3, -0.25) is 0 Å². The van der Waals surface area contributed by atoms with Gasteiger partial charge in [0.25, 0.3) is 0 Å². The van der Waals surface area contributed by atoms with E-state index in [1.807, 2.05) is 0 Å². The van der Waals surface area contributed by atoms with Crippen molar-refractivity contribution in [2.75, 3.05) is 37.8 Å². The van der Waals surface area contributed by atoms with Gasteiger partial charge in [-0.05, 0) is 6.42 Å². The largest absolute Gasteiger partial charge is 0.378 e. The molecule has 0 saturated carbocycles. The third-order valence-corrected chi connectivity index (χ3v) is 4.63. The quantitative estimate of drug-likeness (QED) is 0.660. The molecule has 1 atom stereocenters. The molecule has 0 radical (unpaired) electrons. The highest BCUT2D eigenvalue weighted by atomic mass is 32.2. The van der Waals surface area contributed by atoms with E-state index in [0.29, 0.717) is 32.7 Å². The highest BCUT2D eigenvalue weighted by Crippen LogP contribution is 2.11. The zero-order valence-electron chi connectivity index (χ0n) is 9.02. The van der Waals surface area contributed by atoms with Gasteiger partial charge in [-0.2, -0.15) is 0 Å². The van der Waals surface area contributed by atoms with Gasteiger partial charge in [0.05, 0.1) is 24.7 Å². The second kappa shape index (κ2) is 4.58. The van der Waals surface area contributed by atoms with Gasteiger partial charge in [0.15, 0.2) is 9.84 Å². The number of carbonyl (C=O) groups excluding carboxylic acids is 1. The van der Waals surface area contributed by atoms with E-state index in [2.05, 4.69) is 5.32 Å². The fourth-order valence-corrected chi connectivity index (χ4v) is 3.61. The van der Waals surface area contributed by atoms with Gasteiger partial charge in [-0.15, -0.1) is 0 Å². The molecule has 2 aliphatic heterocycles. The van der Waals surface area contributed by atoms with Crippen LogP contribution in [-0.2, 0) is 14.6 Å². The SMILES string of the molecule is O=C(NC1CCS(=O)(=O)C1)N1CCOCC1. The van der Waals surface area contributed by atoms with Crippen molar-refractivity contribution >= 4 is 15.9 Å². The first-order valence-electron chi connectivity index (χ1n) is 5.40. The average molecular weight is 248 g/mol. The van der Waals surface area contributed by atoms with Crippen LogP contribution in [0.3, 0.4) is 0 Å². The zero-order valence-corrected chi connectivity index (χ0v) is 9.83. The van der Waals surface area contributed by atoms with Crippen molar-refractivity contribution in [2.45, 2.75) is 12.5 Å². The number of ether oxygens (including phenoxy) is 1. The lowest BCUT2D eigenvalue weighted by molar-refractivity contribution is 0.0527. The molecule has 0 bridgehead atoms. The summed E-state index contributed by atoms with van der Waals surface area (Å²) in [5.41, 5.74) is 0. The van der Waals surface area contributed by atoms with E-state index in [0.717, 1.165) is 0 Å². The molecule has 0 aliphatic carbocycles. The number of urea groups is 1. The molecule has 92 valence electrons. The third-order valence-electron chi connectivity index (χ3n) is 2.86. The van der Waals surface area contributed by atoms with Crippen molar-refractivity contribution in [1.82, 2.24) is 10.2 Å². The van der Waals surface area contributed by atoms with Gasteiger partial charge >= 0.3 is 6.03 Å². The van der Waals surface area contributed by atoms with Crippen molar-refractivity contribution < 1.29 is 17.9 Å². The molecule has 1 unspecified atom stereocenters. The molecule has 0 aromatic carbocycles. The Kier molecular flexibility index (Phi) is 3.34. The van der Waals surface area contributed by atoms with Gasteiger partial charge < -0.3 is 15.0 Å². The van der Waals surface area contributed by atoms with Crippen LogP contribution in [0.2, 0.25) is 0 Å². The first kappa shape index (κ1) is 11.7. The molecule has 2 aliphatic rings. The first-order chi connectivity index (χ1) is 7.57. The van der Waals surface area contributed by atoms with Crippen molar-refractivity contribution in [3.8, 4) is 0 Å². The summed E-state index contributed by atoms with van der Waals surface area (Å²) in [6, 6.07) is -0.397. The van der Waals surface area contributed by atoms with E-state index in [4.69, 9.17) is 4.74 Å². The molecule has 0 aromatic heterocycles. The zero-order chi connectivity index (χ0) is 11.6. The van der Waals surface area contributed by atoms with Crippen LogP contribution in [0.1, 0.15) is 6.42 Å². The minimum atomic E-state index is -2.93. The summed E-state index contributed by atoms with van der Waals surface area (Å²) in [5.74, 6) is 0.254. The standard InChI is InChI=1S/C9H16N2O4S/c12-9(11-2-4-15-5-3-11)10-8-1-6-16(13,14)7-8/h8H,1-7H2,(H,10,12). The molecule has 6 nitrogen and oxygen atoms in total. The summed E-state index contributed by atoms with van der Waals surface area (Å²) in [4.78, 5) is 13.4. The van der Waals surface area contributed by atoms with E-state index < -0.39 is 9.84 Å². The topological polar surface area (TPSA) is 75.7 Å². The summed E-state index contributed by atoms with van der Waals surface area (Å²) in [6.07, 6.45) is 0.526. The Bertz CT molecular complexity index is 362. The van der Waals surface area contributed by atoms with Gasteiger partial charge in [0.2, 0.25) is 0 Å². The molecule has 0 aromatic rings. The molecule has 0 spiro atoms.